The first-order valence-electron chi connectivity index (χ1n) is 5.45. The monoisotopic (exact) mass is 327 g/mol. The van der Waals surface area contributed by atoms with E-state index in [1.54, 1.807) is 0 Å². The average molecular weight is 327 g/mol. The second kappa shape index (κ2) is 4.90. The third kappa shape index (κ3) is 3.29. The molecule has 0 aliphatic heterocycles. The number of aryl methyl sites for hydroxylation is 1. The Balaban J connectivity index is 2.65. The molecule has 9 heteroatoms. The predicted molar refractivity (Wildman–Crippen MR) is 64.0 cm³/mol. The maximum Gasteiger partial charge on any atom is 0.416 e. The summed E-state index contributed by atoms with van der Waals surface area (Å²) in [7, 11) is 0. The van der Waals surface area contributed by atoms with Gasteiger partial charge in [-0.05, 0) is 25.1 Å². The van der Waals surface area contributed by atoms with Crippen LogP contribution in [0.4, 0.5) is 26.3 Å². The molecule has 1 heterocycles. The largest absolute Gasteiger partial charge is 0.492 e. The fraction of sp³-hybridized carbons (Fsp3) is 0.250. The molecule has 114 valence electrons. The number of hydrogen-bond donors (Lipinski definition) is 1. The first kappa shape index (κ1) is 15.6. The smallest absolute Gasteiger partial charge is 0.416 e. The van der Waals surface area contributed by atoms with E-state index in [1.165, 1.54) is 6.92 Å². The maximum atomic E-state index is 12.7. The fourth-order valence-corrected chi connectivity index (χ4v) is 2.39. The van der Waals surface area contributed by atoms with Crippen molar-refractivity contribution in [1.82, 2.24) is 4.98 Å². The van der Waals surface area contributed by atoms with E-state index in [1.807, 2.05) is 0 Å². The van der Waals surface area contributed by atoms with Gasteiger partial charge in [0.2, 0.25) is 5.88 Å². The van der Waals surface area contributed by atoms with Gasteiger partial charge in [0, 0.05) is 5.56 Å². The summed E-state index contributed by atoms with van der Waals surface area (Å²) >= 11 is 0.810. The highest BCUT2D eigenvalue weighted by molar-refractivity contribution is 7.15. The second-order valence-corrected chi connectivity index (χ2v) is 5.40. The number of benzene rings is 1. The van der Waals surface area contributed by atoms with Gasteiger partial charge >= 0.3 is 12.4 Å². The molecule has 1 aromatic heterocycles. The van der Waals surface area contributed by atoms with Gasteiger partial charge in [-0.1, -0.05) is 0 Å². The number of thiazole rings is 1. The minimum Gasteiger partial charge on any atom is -0.492 e. The van der Waals surface area contributed by atoms with E-state index in [0.717, 1.165) is 11.3 Å². The molecule has 0 saturated heterocycles. The zero-order valence-corrected chi connectivity index (χ0v) is 11.1. The Labute approximate surface area is 118 Å². The van der Waals surface area contributed by atoms with Crippen LogP contribution in [-0.2, 0) is 12.4 Å². The van der Waals surface area contributed by atoms with E-state index in [-0.39, 0.29) is 16.6 Å². The summed E-state index contributed by atoms with van der Waals surface area (Å²) in [5, 5.41) is 9.20. The lowest BCUT2D eigenvalue weighted by molar-refractivity contribution is -0.143. The summed E-state index contributed by atoms with van der Waals surface area (Å²) in [6.45, 7) is 1.45. The molecule has 0 aliphatic rings. The molecule has 0 aliphatic carbocycles. The number of alkyl halides is 6. The minimum absolute atomic E-state index is 0.0455. The molecule has 2 aromatic rings. The van der Waals surface area contributed by atoms with Crippen LogP contribution in [0, 0.1) is 6.92 Å². The van der Waals surface area contributed by atoms with Gasteiger partial charge in [-0.15, -0.1) is 11.3 Å². The Morgan fingerprint density at radius 2 is 1.43 bits per heavy atom. The van der Waals surface area contributed by atoms with Gasteiger partial charge in [0.05, 0.1) is 16.0 Å². The Morgan fingerprint density at radius 3 is 1.76 bits per heavy atom. The van der Waals surface area contributed by atoms with Gasteiger partial charge in [-0.25, -0.2) is 4.98 Å². The normalized spacial score (nSPS) is 12.7. The molecule has 0 radical (unpaired) electrons. The highest BCUT2D eigenvalue weighted by atomic mass is 32.1. The predicted octanol–water partition coefficient (Wildman–Crippen LogP) is 4.86. The minimum atomic E-state index is -4.91. The van der Waals surface area contributed by atoms with E-state index in [2.05, 4.69) is 4.98 Å². The lowest BCUT2D eigenvalue weighted by Gasteiger charge is -2.13. The lowest BCUT2D eigenvalue weighted by Crippen LogP contribution is -2.11. The Kier molecular flexibility index (Phi) is 3.64. The Bertz CT molecular complexity index is 622. The van der Waals surface area contributed by atoms with E-state index in [0.29, 0.717) is 17.0 Å². The Hall–Kier alpha value is -1.77. The van der Waals surface area contributed by atoms with E-state index in [4.69, 9.17) is 0 Å². The van der Waals surface area contributed by atoms with Crippen molar-refractivity contribution in [3.05, 3.63) is 34.2 Å². The molecule has 0 amide bonds. The first-order valence-corrected chi connectivity index (χ1v) is 6.26. The molecule has 1 aromatic carbocycles. The summed E-state index contributed by atoms with van der Waals surface area (Å²) in [4.78, 5) is 3.87. The zero-order chi connectivity index (χ0) is 16.0. The number of aromatic hydroxyl groups is 1. The molecule has 2 rings (SSSR count). The number of nitrogens with zero attached hydrogens (tertiary/aromatic N) is 1. The van der Waals surface area contributed by atoms with Crippen LogP contribution in [0.5, 0.6) is 5.88 Å². The van der Waals surface area contributed by atoms with Crippen molar-refractivity contribution in [2.75, 3.05) is 0 Å². The van der Waals surface area contributed by atoms with Crippen LogP contribution < -0.4 is 0 Å². The van der Waals surface area contributed by atoms with Crippen LogP contribution in [0.25, 0.3) is 10.6 Å². The van der Waals surface area contributed by atoms with Gasteiger partial charge in [0.25, 0.3) is 0 Å². The highest BCUT2D eigenvalue weighted by Crippen LogP contribution is 2.40. The topological polar surface area (TPSA) is 33.1 Å². The highest BCUT2D eigenvalue weighted by Gasteiger charge is 2.37. The van der Waals surface area contributed by atoms with Gasteiger partial charge in [-0.3, -0.25) is 0 Å². The van der Waals surface area contributed by atoms with Gasteiger partial charge in [-0.2, -0.15) is 26.3 Å². The standard InChI is InChI=1S/C12H7F6NOS/c1-5-9(20)19-10(21-5)6-2-7(11(13,14)15)4-8(3-6)12(16,17)18/h2-4,20H,1H3. The van der Waals surface area contributed by atoms with Crippen molar-refractivity contribution in [2.24, 2.45) is 0 Å². The van der Waals surface area contributed by atoms with Gasteiger partial charge in [0.15, 0.2) is 0 Å². The third-order valence-corrected chi connectivity index (χ3v) is 3.62. The number of aromatic nitrogens is 1. The summed E-state index contributed by atoms with van der Waals surface area (Å²) in [5.74, 6) is -0.416. The quantitative estimate of drug-likeness (QED) is 0.759. The van der Waals surface area contributed by atoms with Crippen molar-refractivity contribution >= 4 is 11.3 Å². The summed E-state index contributed by atoms with van der Waals surface area (Å²) in [5.41, 5.74) is -3.18. The molecular weight excluding hydrogens is 320 g/mol. The molecule has 0 spiro atoms. The molecule has 0 atom stereocenters. The van der Waals surface area contributed by atoms with Gasteiger partial charge in [0.1, 0.15) is 5.01 Å². The number of hydrogen-bond acceptors (Lipinski definition) is 3. The molecule has 0 bridgehead atoms. The molecule has 2 nitrogen and oxygen atoms in total. The van der Waals surface area contributed by atoms with Crippen LogP contribution in [0.1, 0.15) is 16.0 Å². The summed E-state index contributed by atoms with van der Waals surface area (Å²) in [6, 6.07) is 1.20. The SMILES string of the molecule is Cc1sc(-c2cc(C(F)(F)F)cc(C(F)(F)F)c2)nc1O. The molecule has 0 unspecified atom stereocenters. The first-order chi connectivity index (χ1) is 9.48. The maximum absolute atomic E-state index is 12.7. The van der Waals surface area contributed by atoms with Crippen molar-refractivity contribution in [1.29, 1.82) is 0 Å². The zero-order valence-electron chi connectivity index (χ0n) is 10.3. The molecule has 0 fully saturated rings. The molecule has 21 heavy (non-hydrogen) atoms. The van der Waals surface area contributed by atoms with Crippen LogP contribution in [-0.4, -0.2) is 10.1 Å². The average Bonchev–Trinajstić information content (AvgIpc) is 2.67. The summed E-state index contributed by atoms with van der Waals surface area (Å²) < 4.78 is 76.2. The molecular formula is C12H7F6NOS. The molecule has 0 saturated carbocycles. The lowest BCUT2D eigenvalue weighted by atomic mass is 10.1. The Morgan fingerprint density at radius 1 is 0.952 bits per heavy atom. The van der Waals surface area contributed by atoms with E-state index < -0.39 is 29.4 Å². The van der Waals surface area contributed by atoms with Gasteiger partial charge < -0.3 is 5.11 Å². The van der Waals surface area contributed by atoms with Crippen LogP contribution in [0.15, 0.2) is 18.2 Å². The number of halogens is 6. The van der Waals surface area contributed by atoms with E-state index >= 15 is 0 Å². The van der Waals surface area contributed by atoms with Crippen LogP contribution >= 0.6 is 11.3 Å². The van der Waals surface area contributed by atoms with Crippen molar-refractivity contribution in [3.63, 3.8) is 0 Å². The second-order valence-electron chi connectivity index (χ2n) is 4.19. The summed E-state index contributed by atoms with van der Waals surface area (Å²) in [6.07, 6.45) is -9.82. The van der Waals surface area contributed by atoms with Crippen LogP contribution in [0.3, 0.4) is 0 Å². The fourth-order valence-electron chi connectivity index (χ4n) is 1.59. The number of rotatable bonds is 1. The third-order valence-electron chi connectivity index (χ3n) is 2.61. The van der Waals surface area contributed by atoms with Crippen molar-refractivity contribution < 1.29 is 31.4 Å². The van der Waals surface area contributed by atoms with Crippen molar-refractivity contribution in [3.8, 4) is 16.5 Å². The molecule has 1 N–H and O–H groups in total. The van der Waals surface area contributed by atoms with Crippen molar-refractivity contribution in [2.45, 2.75) is 19.3 Å². The van der Waals surface area contributed by atoms with E-state index in [9.17, 15) is 31.4 Å². The van der Waals surface area contributed by atoms with Crippen LogP contribution in [0.2, 0.25) is 0 Å².